The van der Waals surface area contributed by atoms with Gasteiger partial charge in [-0.05, 0) is 12.8 Å². The van der Waals surface area contributed by atoms with Crippen molar-refractivity contribution in [3.63, 3.8) is 0 Å². The number of rotatable bonds is 0. The van der Waals surface area contributed by atoms with Crippen molar-refractivity contribution in [1.29, 1.82) is 0 Å². The first-order chi connectivity index (χ1) is 5.38. The van der Waals surface area contributed by atoms with Gasteiger partial charge in [0.2, 0.25) is 0 Å². The Hall–Kier alpha value is -0.440. The lowest BCUT2D eigenvalue weighted by molar-refractivity contribution is 0.269. The molecule has 2 aliphatic rings. The molecule has 0 aromatic rings. The minimum Gasteiger partial charge on any atom is -0.346 e. The molecule has 0 aromatic carbocycles. The quantitative estimate of drug-likeness (QED) is 0.562. The Morgan fingerprint density at radius 3 is 2.67 bits per heavy atom. The zero-order valence-electron chi connectivity index (χ0n) is 7.49. The summed E-state index contributed by atoms with van der Waals surface area (Å²) in [4.78, 5) is 9.16. The highest BCUT2D eigenvalue weighted by Gasteiger charge is 2.22. The second-order valence-corrected chi connectivity index (χ2v) is 3.30. The van der Waals surface area contributed by atoms with Crippen molar-refractivity contribution in [2.24, 2.45) is 4.99 Å². The normalized spacial score (nSPS) is 22.6. The van der Waals surface area contributed by atoms with E-state index in [1.54, 1.807) is 0 Å². The van der Waals surface area contributed by atoms with Gasteiger partial charge in [-0.25, -0.2) is 0 Å². The Kier molecular flexibility index (Phi) is 3.20. The number of aliphatic imine (C=N–C) groups is 1. The largest absolute Gasteiger partial charge is 0.346 e. The maximum Gasteiger partial charge on any atom is 0.196 e. The molecule has 2 rings (SSSR count). The first-order valence-corrected chi connectivity index (χ1v) is 4.38. The molecule has 0 aromatic heterocycles. The van der Waals surface area contributed by atoms with Crippen molar-refractivity contribution >= 4 is 18.4 Å². The lowest BCUT2D eigenvalue weighted by atomic mass is 10.2. The van der Waals surface area contributed by atoms with Crippen LogP contribution in [-0.2, 0) is 0 Å². The Bertz CT molecular complexity index is 181. The van der Waals surface area contributed by atoms with Gasteiger partial charge in [0.05, 0.1) is 0 Å². The van der Waals surface area contributed by atoms with E-state index in [-0.39, 0.29) is 12.4 Å². The second-order valence-electron chi connectivity index (χ2n) is 3.30. The molecule has 12 heavy (non-hydrogen) atoms. The lowest BCUT2D eigenvalue weighted by Gasteiger charge is -2.39. The average molecular weight is 190 g/mol. The second kappa shape index (κ2) is 3.99. The summed E-state index contributed by atoms with van der Waals surface area (Å²) in [5, 5.41) is 0. The topological polar surface area (TPSA) is 18.8 Å². The Morgan fingerprint density at radius 1 is 1.17 bits per heavy atom. The van der Waals surface area contributed by atoms with Crippen LogP contribution >= 0.6 is 12.4 Å². The van der Waals surface area contributed by atoms with E-state index >= 15 is 0 Å². The Morgan fingerprint density at radius 2 is 1.92 bits per heavy atom. The maximum atomic E-state index is 4.50. The molecule has 0 unspecified atom stereocenters. The molecule has 0 spiro atoms. The minimum atomic E-state index is 0. The molecular formula is C8H16ClN3. The van der Waals surface area contributed by atoms with Crippen molar-refractivity contribution in [2.75, 3.05) is 33.2 Å². The smallest absolute Gasteiger partial charge is 0.196 e. The van der Waals surface area contributed by atoms with Gasteiger partial charge in [-0.15, -0.1) is 12.4 Å². The predicted octanol–water partition coefficient (Wildman–Crippen LogP) is 0.805. The van der Waals surface area contributed by atoms with Gasteiger partial charge in [-0.3, -0.25) is 4.99 Å². The summed E-state index contributed by atoms with van der Waals surface area (Å²) in [6, 6.07) is 0. The van der Waals surface area contributed by atoms with Gasteiger partial charge >= 0.3 is 0 Å². The van der Waals surface area contributed by atoms with E-state index in [1.165, 1.54) is 38.4 Å². The van der Waals surface area contributed by atoms with Crippen LogP contribution in [0.15, 0.2) is 4.99 Å². The molecule has 0 radical (unpaired) electrons. The molecule has 0 saturated carbocycles. The van der Waals surface area contributed by atoms with Crippen LogP contribution in [-0.4, -0.2) is 49.0 Å². The standard InChI is InChI=1S/C8H15N3.ClH/c1-10-5-3-7-11-6-2-4-9-8(10)11;/h2-7H2,1H3;1H. The molecule has 1 fully saturated rings. The van der Waals surface area contributed by atoms with Gasteiger partial charge in [0.25, 0.3) is 0 Å². The van der Waals surface area contributed by atoms with E-state index < -0.39 is 0 Å². The van der Waals surface area contributed by atoms with Gasteiger partial charge in [-0.2, -0.15) is 0 Å². The Balaban J connectivity index is 0.000000720. The van der Waals surface area contributed by atoms with E-state index in [2.05, 4.69) is 21.8 Å². The summed E-state index contributed by atoms with van der Waals surface area (Å²) >= 11 is 0. The molecule has 3 nitrogen and oxygen atoms in total. The summed E-state index contributed by atoms with van der Waals surface area (Å²) in [6.45, 7) is 4.62. The number of hydrogen-bond donors (Lipinski definition) is 0. The third kappa shape index (κ3) is 1.66. The monoisotopic (exact) mass is 189 g/mol. The summed E-state index contributed by atoms with van der Waals surface area (Å²) in [6.07, 6.45) is 2.52. The van der Waals surface area contributed by atoms with Crippen LogP contribution in [0.3, 0.4) is 0 Å². The van der Waals surface area contributed by atoms with E-state index in [0.717, 1.165) is 6.54 Å². The van der Waals surface area contributed by atoms with Crippen molar-refractivity contribution in [2.45, 2.75) is 12.8 Å². The van der Waals surface area contributed by atoms with E-state index in [0.29, 0.717) is 0 Å². The number of fused-ring (bicyclic) bond motifs is 1. The SMILES string of the molecule is CN1CCCN2CCCN=C12.Cl. The average Bonchev–Trinajstić information content (AvgIpc) is 2.06. The van der Waals surface area contributed by atoms with Crippen molar-refractivity contribution in [1.82, 2.24) is 9.80 Å². The van der Waals surface area contributed by atoms with Crippen LogP contribution < -0.4 is 0 Å². The van der Waals surface area contributed by atoms with Gasteiger partial charge in [-0.1, -0.05) is 0 Å². The Labute approximate surface area is 79.9 Å². The zero-order valence-corrected chi connectivity index (χ0v) is 8.31. The van der Waals surface area contributed by atoms with E-state index in [9.17, 15) is 0 Å². The molecule has 1 saturated heterocycles. The van der Waals surface area contributed by atoms with Crippen LogP contribution in [0, 0.1) is 0 Å². The summed E-state index contributed by atoms with van der Waals surface area (Å²) in [5.41, 5.74) is 0. The van der Waals surface area contributed by atoms with Gasteiger partial charge in [0.15, 0.2) is 5.96 Å². The first kappa shape index (κ1) is 9.65. The van der Waals surface area contributed by atoms with Gasteiger partial charge in [0.1, 0.15) is 0 Å². The minimum absolute atomic E-state index is 0. The van der Waals surface area contributed by atoms with Crippen molar-refractivity contribution in [3.8, 4) is 0 Å². The van der Waals surface area contributed by atoms with Crippen LogP contribution in [0.5, 0.6) is 0 Å². The zero-order chi connectivity index (χ0) is 7.68. The third-order valence-electron chi connectivity index (χ3n) is 2.39. The number of hydrogen-bond acceptors (Lipinski definition) is 3. The molecule has 4 heteroatoms. The highest BCUT2D eigenvalue weighted by molar-refractivity contribution is 5.85. The van der Waals surface area contributed by atoms with Gasteiger partial charge < -0.3 is 9.80 Å². The molecule has 70 valence electrons. The number of halogens is 1. The fourth-order valence-electron chi connectivity index (χ4n) is 1.81. The van der Waals surface area contributed by atoms with E-state index in [1.807, 2.05) is 0 Å². The number of nitrogens with zero attached hydrogens (tertiary/aromatic N) is 3. The van der Waals surface area contributed by atoms with Crippen LogP contribution in [0.25, 0.3) is 0 Å². The van der Waals surface area contributed by atoms with Crippen LogP contribution in [0.4, 0.5) is 0 Å². The molecule has 0 amide bonds. The fourth-order valence-corrected chi connectivity index (χ4v) is 1.81. The molecule has 2 heterocycles. The lowest BCUT2D eigenvalue weighted by Crippen LogP contribution is -2.50. The summed E-state index contributed by atoms with van der Waals surface area (Å²) < 4.78 is 0. The highest BCUT2D eigenvalue weighted by Crippen LogP contribution is 2.11. The van der Waals surface area contributed by atoms with Crippen molar-refractivity contribution < 1.29 is 0 Å². The molecule has 0 N–H and O–H groups in total. The first-order valence-electron chi connectivity index (χ1n) is 4.38. The predicted molar refractivity (Wildman–Crippen MR) is 53.0 cm³/mol. The molecule has 0 atom stereocenters. The van der Waals surface area contributed by atoms with Crippen molar-refractivity contribution in [3.05, 3.63) is 0 Å². The highest BCUT2D eigenvalue weighted by atomic mass is 35.5. The summed E-state index contributed by atoms with van der Waals surface area (Å²) in [7, 11) is 2.14. The molecular weight excluding hydrogens is 174 g/mol. The molecule has 2 aliphatic heterocycles. The van der Waals surface area contributed by atoms with Crippen LogP contribution in [0.1, 0.15) is 12.8 Å². The third-order valence-corrected chi connectivity index (χ3v) is 2.39. The molecule has 0 bridgehead atoms. The van der Waals surface area contributed by atoms with Crippen LogP contribution in [0.2, 0.25) is 0 Å². The molecule has 0 aliphatic carbocycles. The van der Waals surface area contributed by atoms with E-state index in [4.69, 9.17) is 0 Å². The number of guanidine groups is 1. The summed E-state index contributed by atoms with van der Waals surface area (Å²) in [5.74, 6) is 1.22. The van der Waals surface area contributed by atoms with Gasteiger partial charge in [0, 0.05) is 33.2 Å². The maximum absolute atomic E-state index is 4.50. The fraction of sp³-hybridized carbons (Fsp3) is 0.875.